The maximum atomic E-state index is 12.1. The SMILES string of the molecule is O=C(/C=C/c1cccc(OC2CCCC2)c1)NS(=O)(=O)c1cccnc1. The van der Waals surface area contributed by atoms with E-state index in [2.05, 4.69) is 4.98 Å². The molecule has 1 aromatic heterocycles. The summed E-state index contributed by atoms with van der Waals surface area (Å²) in [6, 6.07) is 10.2. The second-order valence-electron chi connectivity index (χ2n) is 6.09. The lowest BCUT2D eigenvalue weighted by Crippen LogP contribution is -2.29. The molecule has 1 saturated carbocycles. The third-order valence-electron chi connectivity index (χ3n) is 4.07. The standard InChI is InChI=1S/C19H20N2O4S/c22-19(21-26(23,24)18-9-4-12-20-14-18)11-10-15-5-3-8-17(13-15)25-16-6-1-2-7-16/h3-5,8-14,16H,1-2,6-7H2,(H,21,22)/b11-10+. The molecule has 1 heterocycles. The van der Waals surface area contributed by atoms with Gasteiger partial charge in [0.05, 0.1) is 6.10 Å². The number of nitrogens with zero attached hydrogens (tertiary/aromatic N) is 1. The predicted molar refractivity (Wildman–Crippen MR) is 97.9 cm³/mol. The van der Waals surface area contributed by atoms with E-state index in [-0.39, 0.29) is 11.0 Å². The minimum atomic E-state index is -3.93. The third-order valence-corrected chi connectivity index (χ3v) is 5.40. The molecular weight excluding hydrogens is 352 g/mol. The molecule has 6 nitrogen and oxygen atoms in total. The summed E-state index contributed by atoms with van der Waals surface area (Å²) in [4.78, 5) is 15.6. The topological polar surface area (TPSA) is 85.4 Å². The molecule has 0 atom stereocenters. The molecule has 0 bridgehead atoms. The van der Waals surface area contributed by atoms with Gasteiger partial charge in [-0.2, -0.15) is 0 Å². The van der Waals surface area contributed by atoms with E-state index in [0.717, 1.165) is 24.2 Å². The number of carbonyl (C=O) groups excluding carboxylic acids is 1. The van der Waals surface area contributed by atoms with E-state index in [9.17, 15) is 13.2 Å². The van der Waals surface area contributed by atoms with Crippen molar-refractivity contribution in [2.24, 2.45) is 0 Å². The Hall–Kier alpha value is -2.67. The van der Waals surface area contributed by atoms with Gasteiger partial charge in [0.1, 0.15) is 10.6 Å². The molecule has 1 aliphatic rings. The number of sulfonamides is 1. The van der Waals surface area contributed by atoms with Gasteiger partial charge in [-0.1, -0.05) is 12.1 Å². The van der Waals surface area contributed by atoms with Gasteiger partial charge in [-0.25, -0.2) is 13.1 Å². The summed E-state index contributed by atoms with van der Waals surface area (Å²) in [5.41, 5.74) is 0.759. The number of aromatic nitrogens is 1. The highest BCUT2D eigenvalue weighted by Gasteiger charge is 2.17. The van der Waals surface area contributed by atoms with Gasteiger partial charge >= 0.3 is 0 Å². The van der Waals surface area contributed by atoms with Crippen LogP contribution in [0.5, 0.6) is 5.75 Å². The molecular formula is C19H20N2O4S. The van der Waals surface area contributed by atoms with Gasteiger partial charge in [-0.3, -0.25) is 9.78 Å². The third kappa shape index (κ3) is 4.92. The first-order valence-electron chi connectivity index (χ1n) is 8.44. The van der Waals surface area contributed by atoms with Gasteiger partial charge in [0, 0.05) is 18.5 Å². The van der Waals surface area contributed by atoms with Crippen molar-refractivity contribution in [2.75, 3.05) is 0 Å². The fourth-order valence-electron chi connectivity index (χ4n) is 2.79. The molecule has 1 amide bonds. The van der Waals surface area contributed by atoms with Gasteiger partial charge in [0.2, 0.25) is 0 Å². The van der Waals surface area contributed by atoms with Crippen LogP contribution in [0.15, 0.2) is 59.8 Å². The molecule has 1 aliphatic carbocycles. The van der Waals surface area contributed by atoms with E-state index in [1.807, 2.05) is 29.0 Å². The molecule has 1 N–H and O–H groups in total. The van der Waals surface area contributed by atoms with Crippen LogP contribution in [0.25, 0.3) is 6.08 Å². The fourth-order valence-corrected chi connectivity index (χ4v) is 3.70. The van der Waals surface area contributed by atoms with Gasteiger partial charge in [0.15, 0.2) is 0 Å². The van der Waals surface area contributed by atoms with Crippen molar-refractivity contribution < 1.29 is 17.9 Å². The van der Waals surface area contributed by atoms with Crippen molar-refractivity contribution >= 4 is 22.0 Å². The van der Waals surface area contributed by atoms with Crippen LogP contribution in [0.2, 0.25) is 0 Å². The first kappa shape index (κ1) is 18.1. The summed E-state index contributed by atoms with van der Waals surface area (Å²) in [5, 5.41) is 0. The second kappa shape index (κ2) is 8.14. The number of amides is 1. The van der Waals surface area contributed by atoms with Crippen LogP contribution in [-0.4, -0.2) is 25.4 Å². The monoisotopic (exact) mass is 372 g/mol. The molecule has 0 spiro atoms. The molecule has 1 aromatic carbocycles. The van der Waals surface area contributed by atoms with Crippen molar-refractivity contribution in [1.82, 2.24) is 9.71 Å². The first-order chi connectivity index (χ1) is 12.5. The Balaban J connectivity index is 1.63. The highest BCUT2D eigenvalue weighted by atomic mass is 32.2. The summed E-state index contributed by atoms with van der Waals surface area (Å²) in [5.74, 6) is 0.0263. The van der Waals surface area contributed by atoms with Crippen molar-refractivity contribution in [1.29, 1.82) is 0 Å². The first-order valence-corrected chi connectivity index (χ1v) is 9.93. The summed E-state index contributed by atoms with van der Waals surface area (Å²) >= 11 is 0. The van der Waals surface area contributed by atoms with Gasteiger partial charge in [-0.15, -0.1) is 0 Å². The van der Waals surface area contributed by atoms with Crippen molar-refractivity contribution in [3.63, 3.8) is 0 Å². The summed E-state index contributed by atoms with van der Waals surface area (Å²) in [6.07, 6.45) is 10.1. The maximum Gasteiger partial charge on any atom is 0.265 e. The van der Waals surface area contributed by atoms with Crippen LogP contribution < -0.4 is 9.46 Å². The Morgan fingerprint density at radius 1 is 1.19 bits per heavy atom. The number of ether oxygens (including phenoxy) is 1. The summed E-state index contributed by atoms with van der Waals surface area (Å²) < 4.78 is 32.1. The zero-order chi connectivity index (χ0) is 18.4. The average molecular weight is 372 g/mol. The summed E-state index contributed by atoms with van der Waals surface area (Å²) in [6.45, 7) is 0. The summed E-state index contributed by atoms with van der Waals surface area (Å²) in [7, 11) is -3.93. The van der Waals surface area contributed by atoms with Crippen LogP contribution in [-0.2, 0) is 14.8 Å². The van der Waals surface area contributed by atoms with E-state index in [1.165, 1.54) is 43.4 Å². The number of benzene rings is 1. The van der Waals surface area contributed by atoms with Crippen molar-refractivity contribution in [2.45, 2.75) is 36.7 Å². The number of carbonyl (C=O) groups is 1. The maximum absolute atomic E-state index is 12.1. The lowest BCUT2D eigenvalue weighted by Gasteiger charge is -2.13. The Bertz CT molecular complexity index is 889. The lowest BCUT2D eigenvalue weighted by molar-refractivity contribution is -0.114. The van der Waals surface area contributed by atoms with Crippen molar-refractivity contribution in [3.8, 4) is 5.75 Å². The fraction of sp³-hybridized carbons (Fsp3) is 0.263. The molecule has 0 radical (unpaired) electrons. The number of hydrogen-bond donors (Lipinski definition) is 1. The quantitative estimate of drug-likeness (QED) is 0.788. The number of hydrogen-bond acceptors (Lipinski definition) is 5. The van der Waals surface area contributed by atoms with E-state index < -0.39 is 15.9 Å². The lowest BCUT2D eigenvalue weighted by atomic mass is 10.2. The van der Waals surface area contributed by atoms with Gasteiger partial charge in [-0.05, 0) is 61.6 Å². The highest BCUT2D eigenvalue weighted by molar-refractivity contribution is 7.90. The van der Waals surface area contributed by atoms with E-state index in [1.54, 1.807) is 6.08 Å². The number of pyridine rings is 1. The Morgan fingerprint density at radius 3 is 2.73 bits per heavy atom. The highest BCUT2D eigenvalue weighted by Crippen LogP contribution is 2.24. The largest absolute Gasteiger partial charge is 0.490 e. The molecule has 0 unspecified atom stereocenters. The molecule has 0 saturated heterocycles. The van der Waals surface area contributed by atoms with Crippen LogP contribution in [0.1, 0.15) is 31.2 Å². The zero-order valence-electron chi connectivity index (χ0n) is 14.2. The predicted octanol–water partition coefficient (Wildman–Crippen LogP) is 2.92. The number of rotatable bonds is 6. The minimum absolute atomic E-state index is 0.0614. The molecule has 2 aromatic rings. The second-order valence-corrected chi connectivity index (χ2v) is 7.77. The van der Waals surface area contributed by atoms with Crippen LogP contribution in [0.3, 0.4) is 0 Å². The Kier molecular flexibility index (Phi) is 5.68. The van der Waals surface area contributed by atoms with E-state index in [4.69, 9.17) is 4.74 Å². The molecule has 1 fully saturated rings. The normalized spacial score (nSPS) is 15.2. The minimum Gasteiger partial charge on any atom is -0.490 e. The van der Waals surface area contributed by atoms with Crippen LogP contribution in [0.4, 0.5) is 0 Å². The molecule has 3 rings (SSSR count). The Morgan fingerprint density at radius 2 is 2.00 bits per heavy atom. The van der Waals surface area contributed by atoms with Gasteiger partial charge < -0.3 is 4.74 Å². The van der Waals surface area contributed by atoms with Gasteiger partial charge in [0.25, 0.3) is 15.9 Å². The average Bonchev–Trinajstić information content (AvgIpc) is 3.14. The molecule has 7 heteroatoms. The molecule has 136 valence electrons. The number of nitrogens with one attached hydrogen (secondary N) is 1. The smallest absolute Gasteiger partial charge is 0.265 e. The Labute approximate surface area is 153 Å². The van der Waals surface area contributed by atoms with Crippen LogP contribution >= 0.6 is 0 Å². The van der Waals surface area contributed by atoms with E-state index in [0.29, 0.717) is 0 Å². The van der Waals surface area contributed by atoms with Crippen LogP contribution in [0, 0.1) is 0 Å². The molecule has 26 heavy (non-hydrogen) atoms. The van der Waals surface area contributed by atoms with E-state index >= 15 is 0 Å². The zero-order valence-corrected chi connectivity index (χ0v) is 15.0. The van der Waals surface area contributed by atoms with Crippen molar-refractivity contribution in [3.05, 3.63) is 60.4 Å². The molecule has 0 aliphatic heterocycles.